The Bertz CT molecular complexity index is 1260. The number of nitriles is 1. The molecule has 1 aliphatic rings. The highest BCUT2D eigenvalue weighted by Gasteiger charge is 2.31. The number of hydrogen-bond acceptors (Lipinski definition) is 6. The van der Waals surface area contributed by atoms with Crippen LogP contribution in [0.2, 0.25) is 5.02 Å². The molecule has 0 bridgehead atoms. The van der Waals surface area contributed by atoms with Crippen LogP contribution in [0.25, 0.3) is 10.6 Å². The first kappa shape index (κ1) is 21.5. The number of aromatic nitrogens is 1. The summed E-state index contributed by atoms with van der Waals surface area (Å²) in [5, 5.41) is 11.9. The zero-order valence-corrected chi connectivity index (χ0v) is 18.6. The summed E-state index contributed by atoms with van der Waals surface area (Å²) in [6.07, 6.45) is 0. The maximum Gasteiger partial charge on any atom is 0.273 e. The molecule has 0 N–H and O–H groups in total. The minimum atomic E-state index is -3.68. The Balaban J connectivity index is 1.43. The molecule has 0 saturated carbocycles. The lowest BCUT2D eigenvalue weighted by Gasteiger charge is -2.33. The van der Waals surface area contributed by atoms with Gasteiger partial charge in [0.25, 0.3) is 5.91 Å². The molecule has 4 rings (SSSR count). The highest BCUT2D eigenvalue weighted by Crippen LogP contribution is 2.27. The van der Waals surface area contributed by atoms with Crippen LogP contribution >= 0.6 is 22.9 Å². The molecule has 0 aliphatic carbocycles. The maximum absolute atomic E-state index is 12.9. The predicted molar refractivity (Wildman–Crippen MR) is 118 cm³/mol. The molecule has 158 valence electrons. The van der Waals surface area contributed by atoms with E-state index < -0.39 is 10.0 Å². The fourth-order valence-electron chi connectivity index (χ4n) is 3.27. The van der Waals surface area contributed by atoms with Gasteiger partial charge in [-0.25, -0.2) is 13.4 Å². The minimum Gasteiger partial charge on any atom is -0.335 e. The number of carbonyl (C=O) groups excluding carboxylic acids is 1. The van der Waals surface area contributed by atoms with Gasteiger partial charge in [0.1, 0.15) is 10.7 Å². The first-order chi connectivity index (χ1) is 14.9. The number of nitrogens with zero attached hydrogens (tertiary/aromatic N) is 4. The molecule has 7 nitrogen and oxygen atoms in total. The van der Waals surface area contributed by atoms with Gasteiger partial charge in [0.2, 0.25) is 10.0 Å². The molecular weight excluding hydrogens is 456 g/mol. The van der Waals surface area contributed by atoms with Crippen LogP contribution in [-0.4, -0.2) is 54.7 Å². The number of benzene rings is 2. The third kappa shape index (κ3) is 4.48. The van der Waals surface area contributed by atoms with Crippen molar-refractivity contribution >= 4 is 38.9 Å². The Morgan fingerprint density at radius 1 is 1.10 bits per heavy atom. The van der Waals surface area contributed by atoms with E-state index in [1.807, 2.05) is 18.2 Å². The first-order valence-electron chi connectivity index (χ1n) is 9.39. The molecule has 2 heterocycles. The second-order valence-corrected chi connectivity index (χ2v) is 10.1. The number of amides is 1. The lowest BCUT2D eigenvalue weighted by atomic mass is 10.2. The lowest BCUT2D eigenvalue weighted by molar-refractivity contribution is 0.0693. The second kappa shape index (κ2) is 8.77. The molecule has 2 aromatic carbocycles. The Labute approximate surface area is 189 Å². The molecule has 0 unspecified atom stereocenters. The van der Waals surface area contributed by atoms with E-state index in [9.17, 15) is 13.2 Å². The number of sulfonamides is 1. The van der Waals surface area contributed by atoms with Gasteiger partial charge in [0, 0.05) is 42.1 Å². The van der Waals surface area contributed by atoms with Gasteiger partial charge in [-0.05, 0) is 36.4 Å². The third-order valence-electron chi connectivity index (χ3n) is 4.94. The Hall–Kier alpha value is -2.77. The summed E-state index contributed by atoms with van der Waals surface area (Å²) in [5.41, 5.74) is 1.58. The monoisotopic (exact) mass is 472 g/mol. The molecule has 1 aliphatic heterocycles. The summed E-state index contributed by atoms with van der Waals surface area (Å²) in [5.74, 6) is -0.222. The number of carbonyl (C=O) groups is 1. The van der Waals surface area contributed by atoms with Crippen LogP contribution in [-0.2, 0) is 10.0 Å². The molecule has 3 aromatic rings. The van der Waals surface area contributed by atoms with E-state index in [0.717, 1.165) is 5.56 Å². The first-order valence-corrected chi connectivity index (χ1v) is 12.1. The highest BCUT2D eigenvalue weighted by molar-refractivity contribution is 7.89. The molecule has 0 spiro atoms. The van der Waals surface area contributed by atoms with Crippen molar-refractivity contribution in [1.29, 1.82) is 5.26 Å². The standard InChI is InChI=1S/C21H17ClN4O3S2/c22-17-3-1-2-16(12-17)20-24-19(14-30-20)21(27)25-8-10-26(11-9-25)31(28,29)18-6-4-15(13-23)5-7-18/h1-7,12,14H,8-11H2. The van der Waals surface area contributed by atoms with E-state index in [0.29, 0.717) is 21.3 Å². The van der Waals surface area contributed by atoms with Gasteiger partial charge in [-0.2, -0.15) is 9.57 Å². The van der Waals surface area contributed by atoms with Crippen molar-refractivity contribution in [3.63, 3.8) is 0 Å². The highest BCUT2D eigenvalue weighted by atomic mass is 35.5. The fourth-order valence-corrected chi connectivity index (χ4v) is 5.67. The Kier molecular flexibility index (Phi) is 6.07. The van der Waals surface area contributed by atoms with E-state index in [1.165, 1.54) is 39.9 Å². The molecule has 1 aromatic heterocycles. The average molecular weight is 473 g/mol. The van der Waals surface area contributed by atoms with Gasteiger partial charge < -0.3 is 4.90 Å². The van der Waals surface area contributed by atoms with Crippen LogP contribution < -0.4 is 0 Å². The van der Waals surface area contributed by atoms with Gasteiger partial charge in [-0.15, -0.1) is 11.3 Å². The van der Waals surface area contributed by atoms with Crippen LogP contribution in [0.1, 0.15) is 16.1 Å². The second-order valence-electron chi connectivity index (χ2n) is 6.88. The molecule has 31 heavy (non-hydrogen) atoms. The number of rotatable bonds is 4. The van der Waals surface area contributed by atoms with E-state index in [2.05, 4.69) is 4.98 Å². The molecule has 1 fully saturated rings. The van der Waals surface area contributed by atoms with Gasteiger partial charge in [0.15, 0.2) is 0 Å². The van der Waals surface area contributed by atoms with Crippen molar-refractivity contribution in [2.75, 3.05) is 26.2 Å². The minimum absolute atomic E-state index is 0.136. The van der Waals surface area contributed by atoms with Crippen LogP contribution in [0.3, 0.4) is 0 Å². The molecule has 1 amide bonds. The summed E-state index contributed by atoms with van der Waals surface area (Å²) in [7, 11) is -3.68. The third-order valence-corrected chi connectivity index (χ3v) is 7.98. The smallest absolute Gasteiger partial charge is 0.273 e. The molecule has 0 atom stereocenters. The van der Waals surface area contributed by atoms with Crippen molar-refractivity contribution in [1.82, 2.24) is 14.2 Å². The van der Waals surface area contributed by atoms with Crippen molar-refractivity contribution < 1.29 is 13.2 Å². The number of halogens is 1. The fraction of sp³-hybridized carbons (Fsp3) is 0.190. The van der Waals surface area contributed by atoms with Crippen LogP contribution in [0.15, 0.2) is 58.8 Å². The summed E-state index contributed by atoms with van der Waals surface area (Å²) in [6, 6.07) is 15.1. The van der Waals surface area contributed by atoms with Crippen molar-refractivity contribution in [2.24, 2.45) is 0 Å². The summed E-state index contributed by atoms with van der Waals surface area (Å²) < 4.78 is 27.0. The summed E-state index contributed by atoms with van der Waals surface area (Å²) in [4.78, 5) is 19.0. The van der Waals surface area contributed by atoms with E-state index in [4.69, 9.17) is 16.9 Å². The van der Waals surface area contributed by atoms with Crippen LogP contribution in [0.5, 0.6) is 0 Å². The van der Waals surface area contributed by atoms with Gasteiger partial charge in [-0.3, -0.25) is 4.79 Å². The molecule has 1 saturated heterocycles. The van der Waals surface area contributed by atoms with Gasteiger partial charge >= 0.3 is 0 Å². The Morgan fingerprint density at radius 3 is 2.45 bits per heavy atom. The zero-order valence-electron chi connectivity index (χ0n) is 16.2. The van der Waals surface area contributed by atoms with E-state index >= 15 is 0 Å². The molecule has 0 radical (unpaired) electrons. The lowest BCUT2D eigenvalue weighted by Crippen LogP contribution is -2.50. The van der Waals surface area contributed by atoms with Crippen molar-refractivity contribution in [2.45, 2.75) is 4.90 Å². The molecular formula is C21H17ClN4O3S2. The van der Waals surface area contributed by atoms with Crippen LogP contribution in [0.4, 0.5) is 0 Å². The van der Waals surface area contributed by atoms with E-state index in [-0.39, 0.29) is 37.0 Å². The van der Waals surface area contributed by atoms with Gasteiger partial charge in [-0.1, -0.05) is 23.7 Å². The normalized spacial score (nSPS) is 14.9. The SMILES string of the molecule is N#Cc1ccc(S(=O)(=O)N2CCN(C(=O)c3csc(-c4cccc(Cl)c4)n3)CC2)cc1. The molecule has 10 heteroatoms. The maximum atomic E-state index is 12.9. The largest absolute Gasteiger partial charge is 0.335 e. The summed E-state index contributed by atoms with van der Waals surface area (Å²) >= 11 is 7.39. The van der Waals surface area contributed by atoms with Crippen LogP contribution in [0, 0.1) is 11.3 Å². The Morgan fingerprint density at radius 2 is 1.81 bits per heavy atom. The topological polar surface area (TPSA) is 94.4 Å². The van der Waals surface area contributed by atoms with Crippen molar-refractivity contribution in [3.05, 3.63) is 70.2 Å². The van der Waals surface area contributed by atoms with E-state index in [1.54, 1.807) is 22.4 Å². The summed E-state index contributed by atoms with van der Waals surface area (Å²) in [6.45, 7) is 0.940. The van der Waals surface area contributed by atoms with Crippen molar-refractivity contribution in [3.8, 4) is 16.6 Å². The van der Waals surface area contributed by atoms with Gasteiger partial charge in [0.05, 0.1) is 16.5 Å². The number of hydrogen-bond donors (Lipinski definition) is 0. The predicted octanol–water partition coefficient (Wildman–Crippen LogP) is 3.48. The zero-order chi connectivity index (χ0) is 22.0. The number of thiazole rings is 1. The number of piperazine rings is 1. The average Bonchev–Trinajstić information content (AvgIpc) is 3.29. The quantitative estimate of drug-likeness (QED) is 0.579.